The van der Waals surface area contributed by atoms with E-state index in [-0.39, 0.29) is 18.7 Å². The summed E-state index contributed by atoms with van der Waals surface area (Å²) in [6, 6.07) is 6.21. The number of rotatable bonds is 6. The van der Waals surface area contributed by atoms with Crippen molar-refractivity contribution in [3.05, 3.63) is 42.5 Å². The second-order valence-electron chi connectivity index (χ2n) is 6.83. The van der Waals surface area contributed by atoms with Crippen LogP contribution in [0.2, 0.25) is 0 Å². The average molecular weight is 376 g/mol. The van der Waals surface area contributed by atoms with Crippen LogP contribution in [0.3, 0.4) is 0 Å². The lowest BCUT2D eigenvalue weighted by Gasteiger charge is -2.28. The van der Waals surface area contributed by atoms with Crippen LogP contribution in [0.5, 0.6) is 5.75 Å². The second kappa shape index (κ2) is 8.81. The standard InChI is InChI=1S/C20H25FN2O4/c1-20(2,3)27-19(24)23(11-12-25-4)16-13-22-10-9-14(16)18-15(21)7-6-8-17(18)26-5/h6-10,13H,11-12H2,1-5H3. The summed E-state index contributed by atoms with van der Waals surface area (Å²) in [6.45, 7) is 5.85. The maximum Gasteiger partial charge on any atom is 0.414 e. The highest BCUT2D eigenvalue weighted by atomic mass is 19.1. The van der Waals surface area contributed by atoms with Crippen molar-refractivity contribution >= 4 is 11.8 Å². The zero-order valence-electron chi connectivity index (χ0n) is 16.3. The first kappa shape index (κ1) is 20.6. The Kier molecular flexibility index (Phi) is 6.74. The van der Waals surface area contributed by atoms with E-state index in [2.05, 4.69) is 4.98 Å². The first-order valence-electron chi connectivity index (χ1n) is 8.55. The first-order chi connectivity index (χ1) is 12.8. The molecule has 7 heteroatoms. The third-order valence-electron chi connectivity index (χ3n) is 3.69. The number of hydrogen-bond donors (Lipinski definition) is 0. The molecule has 0 radical (unpaired) electrons. The van der Waals surface area contributed by atoms with Crippen molar-refractivity contribution in [1.29, 1.82) is 0 Å². The van der Waals surface area contributed by atoms with Crippen LogP contribution in [-0.4, -0.2) is 44.0 Å². The number of carbonyl (C=O) groups is 1. The Labute approximate surface area is 158 Å². The lowest BCUT2D eigenvalue weighted by Crippen LogP contribution is -2.39. The van der Waals surface area contributed by atoms with Gasteiger partial charge in [0.05, 0.1) is 37.7 Å². The van der Waals surface area contributed by atoms with Gasteiger partial charge in [-0.05, 0) is 39.0 Å². The van der Waals surface area contributed by atoms with E-state index < -0.39 is 17.5 Å². The minimum absolute atomic E-state index is 0.223. The van der Waals surface area contributed by atoms with Gasteiger partial charge in [0.25, 0.3) is 0 Å². The summed E-state index contributed by atoms with van der Waals surface area (Å²) in [6.07, 6.45) is 2.47. The molecule has 0 N–H and O–H groups in total. The van der Waals surface area contributed by atoms with Crippen LogP contribution in [0.4, 0.5) is 14.9 Å². The van der Waals surface area contributed by atoms with E-state index in [1.54, 1.807) is 39.0 Å². The topological polar surface area (TPSA) is 60.9 Å². The number of amides is 1. The molecule has 0 atom stereocenters. The van der Waals surface area contributed by atoms with Crippen LogP contribution in [0.15, 0.2) is 36.7 Å². The van der Waals surface area contributed by atoms with E-state index in [9.17, 15) is 9.18 Å². The van der Waals surface area contributed by atoms with Crippen molar-refractivity contribution in [2.75, 3.05) is 32.3 Å². The van der Waals surface area contributed by atoms with E-state index in [0.29, 0.717) is 17.0 Å². The van der Waals surface area contributed by atoms with E-state index >= 15 is 0 Å². The van der Waals surface area contributed by atoms with Gasteiger partial charge in [-0.2, -0.15) is 0 Å². The van der Waals surface area contributed by atoms with Crippen LogP contribution in [-0.2, 0) is 9.47 Å². The number of carbonyl (C=O) groups excluding carboxylic acids is 1. The Hall–Kier alpha value is -2.67. The number of pyridine rings is 1. The van der Waals surface area contributed by atoms with Gasteiger partial charge in [0, 0.05) is 18.9 Å². The highest BCUT2D eigenvalue weighted by molar-refractivity contribution is 5.94. The molecule has 0 aliphatic carbocycles. The van der Waals surface area contributed by atoms with Gasteiger partial charge in [-0.1, -0.05) is 6.07 Å². The molecule has 1 amide bonds. The largest absolute Gasteiger partial charge is 0.496 e. The molecule has 1 aromatic heterocycles. The van der Waals surface area contributed by atoms with Crippen molar-refractivity contribution < 1.29 is 23.4 Å². The third-order valence-corrected chi connectivity index (χ3v) is 3.69. The minimum atomic E-state index is -0.680. The van der Waals surface area contributed by atoms with E-state index in [0.717, 1.165) is 0 Å². The predicted molar refractivity (Wildman–Crippen MR) is 102 cm³/mol. The zero-order chi connectivity index (χ0) is 20.0. The Morgan fingerprint density at radius 3 is 2.59 bits per heavy atom. The molecular formula is C20H25FN2O4. The molecule has 0 unspecified atom stereocenters. The maximum absolute atomic E-state index is 14.6. The molecule has 27 heavy (non-hydrogen) atoms. The van der Waals surface area contributed by atoms with Gasteiger partial charge < -0.3 is 14.2 Å². The van der Waals surface area contributed by atoms with Crippen LogP contribution in [0, 0.1) is 5.82 Å². The zero-order valence-corrected chi connectivity index (χ0v) is 16.3. The normalized spacial score (nSPS) is 11.2. The van der Waals surface area contributed by atoms with Crippen LogP contribution < -0.4 is 9.64 Å². The molecule has 0 bridgehead atoms. The van der Waals surface area contributed by atoms with Crippen molar-refractivity contribution in [1.82, 2.24) is 4.98 Å². The minimum Gasteiger partial charge on any atom is -0.496 e. The number of methoxy groups -OCH3 is 2. The van der Waals surface area contributed by atoms with Crippen LogP contribution in [0.25, 0.3) is 11.1 Å². The lowest BCUT2D eigenvalue weighted by atomic mass is 10.0. The molecule has 1 heterocycles. The monoisotopic (exact) mass is 376 g/mol. The first-order valence-corrected chi connectivity index (χ1v) is 8.55. The summed E-state index contributed by atoms with van der Waals surface area (Å²) in [7, 11) is 3.01. The number of nitrogens with zero attached hydrogens (tertiary/aromatic N) is 2. The molecule has 1 aromatic carbocycles. The Bertz CT molecular complexity index is 790. The fourth-order valence-electron chi connectivity index (χ4n) is 2.56. The Morgan fingerprint density at radius 1 is 1.22 bits per heavy atom. The molecular weight excluding hydrogens is 351 g/mol. The summed E-state index contributed by atoms with van der Waals surface area (Å²) in [5.74, 6) is -0.101. The van der Waals surface area contributed by atoms with E-state index in [1.165, 1.54) is 37.6 Å². The maximum atomic E-state index is 14.6. The number of benzene rings is 1. The summed E-state index contributed by atoms with van der Waals surface area (Å²) in [5.41, 5.74) is 0.456. The molecule has 2 aromatic rings. The van der Waals surface area contributed by atoms with Crippen molar-refractivity contribution in [3.63, 3.8) is 0 Å². The fraction of sp³-hybridized carbons (Fsp3) is 0.400. The second-order valence-corrected chi connectivity index (χ2v) is 6.83. The van der Waals surface area contributed by atoms with Crippen molar-refractivity contribution in [2.45, 2.75) is 26.4 Å². The van der Waals surface area contributed by atoms with Gasteiger partial charge in [0.1, 0.15) is 17.2 Å². The van der Waals surface area contributed by atoms with Crippen LogP contribution >= 0.6 is 0 Å². The van der Waals surface area contributed by atoms with Crippen molar-refractivity contribution in [2.24, 2.45) is 0 Å². The summed E-state index contributed by atoms with van der Waals surface area (Å²) >= 11 is 0. The SMILES string of the molecule is COCCN(C(=O)OC(C)(C)C)c1cnccc1-c1c(F)cccc1OC. The summed E-state index contributed by atoms with van der Waals surface area (Å²) < 4.78 is 30.6. The average Bonchev–Trinajstić information content (AvgIpc) is 2.61. The number of anilines is 1. The number of ether oxygens (including phenoxy) is 3. The molecule has 146 valence electrons. The number of aromatic nitrogens is 1. The lowest BCUT2D eigenvalue weighted by molar-refractivity contribution is 0.0569. The third kappa shape index (κ3) is 5.17. The summed E-state index contributed by atoms with van der Waals surface area (Å²) in [4.78, 5) is 18.3. The highest BCUT2D eigenvalue weighted by Crippen LogP contribution is 2.38. The Balaban J connectivity index is 2.57. The number of hydrogen-bond acceptors (Lipinski definition) is 5. The highest BCUT2D eigenvalue weighted by Gasteiger charge is 2.27. The molecule has 0 saturated carbocycles. The predicted octanol–water partition coefficient (Wildman–Crippen LogP) is 4.28. The smallest absolute Gasteiger partial charge is 0.414 e. The fourth-order valence-corrected chi connectivity index (χ4v) is 2.56. The molecule has 0 saturated heterocycles. The molecule has 0 aliphatic heterocycles. The van der Waals surface area contributed by atoms with Gasteiger partial charge in [0.2, 0.25) is 0 Å². The quantitative estimate of drug-likeness (QED) is 0.753. The van der Waals surface area contributed by atoms with Gasteiger partial charge in [-0.25, -0.2) is 9.18 Å². The van der Waals surface area contributed by atoms with Crippen LogP contribution in [0.1, 0.15) is 20.8 Å². The van der Waals surface area contributed by atoms with Gasteiger partial charge in [0.15, 0.2) is 0 Å². The molecule has 6 nitrogen and oxygen atoms in total. The van der Waals surface area contributed by atoms with Gasteiger partial charge >= 0.3 is 6.09 Å². The molecule has 0 aliphatic rings. The van der Waals surface area contributed by atoms with Gasteiger partial charge in [-0.15, -0.1) is 0 Å². The molecule has 0 spiro atoms. The Morgan fingerprint density at radius 2 is 1.96 bits per heavy atom. The summed E-state index contributed by atoms with van der Waals surface area (Å²) in [5, 5.41) is 0. The molecule has 0 fully saturated rings. The van der Waals surface area contributed by atoms with Gasteiger partial charge in [-0.3, -0.25) is 9.88 Å². The van der Waals surface area contributed by atoms with Crippen molar-refractivity contribution in [3.8, 4) is 16.9 Å². The number of halogens is 1. The molecule has 2 rings (SSSR count). The van der Waals surface area contributed by atoms with E-state index in [1.807, 2.05) is 0 Å². The van der Waals surface area contributed by atoms with E-state index in [4.69, 9.17) is 14.2 Å².